The maximum atomic E-state index is 5.14. The van der Waals surface area contributed by atoms with Crippen molar-refractivity contribution in [3.05, 3.63) is 53.9 Å². The monoisotopic (exact) mass is 280 g/mol. The highest BCUT2D eigenvalue weighted by atomic mass is 16.5. The molecule has 3 rings (SSSR count). The van der Waals surface area contributed by atoms with Crippen molar-refractivity contribution in [2.75, 3.05) is 12.4 Å². The molecular formula is C16H16N4O. The molecule has 0 unspecified atom stereocenters. The molecule has 2 heterocycles. The lowest BCUT2D eigenvalue weighted by Gasteiger charge is -2.08. The number of fused-ring (bicyclic) bond motifs is 1. The molecule has 0 aliphatic carbocycles. The lowest BCUT2D eigenvalue weighted by atomic mass is 10.2. The van der Waals surface area contributed by atoms with Crippen molar-refractivity contribution in [3.63, 3.8) is 0 Å². The van der Waals surface area contributed by atoms with Crippen LogP contribution in [0.3, 0.4) is 0 Å². The Kier molecular flexibility index (Phi) is 3.64. The largest absolute Gasteiger partial charge is 0.497 e. The highest BCUT2D eigenvalue weighted by Crippen LogP contribution is 2.15. The number of methoxy groups -OCH3 is 1. The minimum absolute atomic E-state index is 0.615. The normalized spacial score (nSPS) is 10.6. The summed E-state index contributed by atoms with van der Waals surface area (Å²) >= 11 is 0. The van der Waals surface area contributed by atoms with Crippen LogP contribution in [0.1, 0.15) is 11.3 Å². The Hall–Kier alpha value is -2.69. The molecular weight excluding hydrogens is 264 g/mol. The summed E-state index contributed by atoms with van der Waals surface area (Å²) in [5, 5.41) is 3.24. The van der Waals surface area contributed by atoms with Crippen LogP contribution in [0, 0.1) is 6.92 Å². The highest BCUT2D eigenvalue weighted by Gasteiger charge is 2.04. The number of nitrogens with zero attached hydrogens (tertiary/aromatic N) is 3. The van der Waals surface area contributed by atoms with Crippen LogP contribution in [0.4, 0.5) is 5.95 Å². The second kappa shape index (κ2) is 5.75. The van der Waals surface area contributed by atoms with Gasteiger partial charge in [-0.15, -0.1) is 0 Å². The fourth-order valence-corrected chi connectivity index (χ4v) is 2.12. The summed E-state index contributed by atoms with van der Waals surface area (Å²) in [4.78, 5) is 13.2. The number of anilines is 1. The fourth-order valence-electron chi connectivity index (χ4n) is 2.12. The van der Waals surface area contributed by atoms with E-state index in [-0.39, 0.29) is 0 Å². The number of benzene rings is 1. The van der Waals surface area contributed by atoms with Crippen LogP contribution in [0.5, 0.6) is 5.75 Å². The Balaban J connectivity index is 1.78. The molecule has 0 aliphatic rings. The van der Waals surface area contributed by atoms with Crippen LogP contribution in [0.25, 0.3) is 11.0 Å². The smallest absolute Gasteiger partial charge is 0.223 e. The van der Waals surface area contributed by atoms with Gasteiger partial charge in [0.1, 0.15) is 11.3 Å². The molecule has 0 saturated heterocycles. The quantitative estimate of drug-likeness (QED) is 0.796. The van der Waals surface area contributed by atoms with Gasteiger partial charge in [-0.05, 0) is 36.8 Å². The number of ether oxygens (including phenoxy) is 1. The molecule has 0 radical (unpaired) electrons. The van der Waals surface area contributed by atoms with Gasteiger partial charge in [-0.1, -0.05) is 12.1 Å². The molecule has 0 aliphatic heterocycles. The molecule has 1 N–H and O–H groups in total. The molecule has 5 heteroatoms. The molecule has 2 aromatic heterocycles. The maximum Gasteiger partial charge on any atom is 0.223 e. The van der Waals surface area contributed by atoms with Crippen LogP contribution in [0.15, 0.2) is 42.6 Å². The molecule has 0 atom stereocenters. The lowest BCUT2D eigenvalue weighted by molar-refractivity contribution is 0.414. The lowest BCUT2D eigenvalue weighted by Crippen LogP contribution is -2.05. The summed E-state index contributed by atoms with van der Waals surface area (Å²) in [5.41, 5.74) is 3.70. The zero-order valence-corrected chi connectivity index (χ0v) is 12.0. The van der Waals surface area contributed by atoms with E-state index < -0.39 is 0 Å². The third-order valence-electron chi connectivity index (χ3n) is 3.24. The summed E-state index contributed by atoms with van der Waals surface area (Å²) in [6.45, 7) is 2.60. The van der Waals surface area contributed by atoms with Gasteiger partial charge in [0.15, 0.2) is 0 Å². The summed E-state index contributed by atoms with van der Waals surface area (Å²) < 4.78 is 5.14. The van der Waals surface area contributed by atoms with Crippen molar-refractivity contribution < 1.29 is 4.74 Å². The van der Waals surface area contributed by atoms with Crippen molar-refractivity contribution in [2.24, 2.45) is 0 Å². The Bertz CT molecular complexity index is 756. The third-order valence-corrected chi connectivity index (χ3v) is 3.24. The number of rotatable bonds is 4. The van der Waals surface area contributed by atoms with Gasteiger partial charge in [0, 0.05) is 12.7 Å². The van der Waals surface area contributed by atoms with Gasteiger partial charge in [-0.2, -0.15) is 0 Å². The van der Waals surface area contributed by atoms with Crippen LogP contribution >= 0.6 is 0 Å². The molecule has 106 valence electrons. The zero-order chi connectivity index (χ0) is 14.7. The first-order chi connectivity index (χ1) is 10.3. The second-order valence-corrected chi connectivity index (χ2v) is 4.71. The van der Waals surface area contributed by atoms with Gasteiger partial charge in [0.2, 0.25) is 5.95 Å². The van der Waals surface area contributed by atoms with Gasteiger partial charge >= 0.3 is 0 Å². The minimum atomic E-state index is 0.615. The summed E-state index contributed by atoms with van der Waals surface area (Å²) in [7, 11) is 1.66. The van der Waals surface area contributed by atoms with E-state index in [4.69, 9.17) is 4.74 Å². The van der Waals surface area contributed by atoms with Crippen molar-refractivity contribution in [1.29, 1.82) is 0 Å². The summed E-state index contributed by atoms with van der Waals surface area (Å²) in [6, 6.07) is 11.7. The number of nitrogens with one attached hydrogen (secondary N) is 1. The van der Waals surface area contributed by atoms with Gasteiger partial charge < -0.3 is 10.1 Å². The van der Waals surface area contributed by atoms with Crippen molar-refractivity contribution in [3.8, 4) is 5.75 Å². The first kappa shape index (κ1) is 13.3. The Morgan fingerprint density at radius 3 is 2.67 bits per heavy atom. The standard InChI is InChI=1S/C16H16N4O/c1-11-15-14(4-3-9-17-15)20-16(19-11)18-10-12-5-7-13(21-2)8-6-12/h3-9H,10H2,1-2H3,(H,18,19,20). The Morgan fingerprint density at radius 2 is 1.90 bits per heavy atom. The van der Waals surface area contributed by atoms with Gasteiger partial charge in [-0.3, -0.25) is 4.98 Å². The number of aryl methyl sites for hydroxylation is 1. The number of aromatic nitrogens is 3. The van der Waals surface area contributed by atoms with Crippen LogP contribution in [-0.4, -0.2) is 22.1 Å². The van der Waals surface area contributed by atoms with E-state index in [2.05, 4.69) is 20.3 Å². The van der Waals surface area contributed by atoms with Crippen LogP contribution in [0.2, 0.25) is 0 Å². The van der Waals surface area contributed by atoms with E-state index in [0.29, 0.717) is 12.5 Å². The Morgan fingerprint density at radius 1 is 1.10 bits per heavy atom. The molecule has 3 aromatic rings. The number of pyridine rings is 1. The average Bonchev–Trinajstić information content (AvgIpc) is 2.53. The van der Waals surface area contributed by atoms with E-state index in [1.807, 2.05) is 43.3 Å². The molecule has 1 aromatic carbocycles. The fraction of sp³-hybridized carbons (Fsp3) is 0.188. The first-order valence-electron chi connectivity index (χ1n) is 6.72. The van der Waals surface area contributed by atoms with E-state index in [9.17, 15) is 0 Å². The predicted molar refractivity (Wildman–Crippen MR) is 82.4 cm³/mol. The maximum absolute atomic E-state index is 5.14. The highest BCUT2D eigenvalue weighted by molar-refractivity contribution is 5.77. The van der Waals surface area contributed by atoms with Gasteiger partial charge in [0.05, 0.1) is 18.3 Å². The molecule has 0 bridgehead atoms. The van der Waals surface area contributed by atoms with E-state index >= 15 is 0 Å². The second-order valence-electron chi connectivity index (χ2n) is 4.71. The van der Waals surface area contributed by atoms with E-state index in [1.165, 1.54) is 0 Å². The zero-order valence-electron chi connectivity index (χ0n) is 12.0. The average molecular weight is 280 g/mol. The molecule has 5 nitrogen and oxygen atoms in total. The van der Waals surface area contributed by atoms with Gasteiger partial charge in [-0.25, -0.2) is 9.97 Å². The minimum Gasteiger partial charge on any atom is -0.497 e. The van der Waals surface area contributed by atoms with Crippen molar-refractivity contribution in [1.82, 2.24) is 15.0 Å². The Labute approximate surface area is 123 Å². The topological polar surface area (TPSA) is 59.9 Å². The van der Waals surface area contributed by atoms with Crippen molar-refractivity contribution >= 4 is 17.0 Å². The van der Waals surface area contributed by atoms with Crippen LogP contribution < -0.4 is 10.1 Å². The van der Waals surface area contributed by atoms with E-state index in [0.717, 1.165) is 28.0 Å². The molecule has 0 fully saturated rings. The molecule has 0 spiro atoms. The number of hydrogen-bond acceptors (Lipinski definition) is 5. The predicted octanol–water partition coefficient (Wildman–Crippen LogP) is 2.95. The first-order valence-corrected chi connectivity index (χ1v) is 6.72. The third kappa shape index (κ3) is 2.91. The number of hydrogen-bond donors (Lipinski definition) is 1. The van der Waals surface area contributed by atoms with Gasteiger partial charge in [0.25, 0.3) is 0 Å². The molecule has 0 saturated carbocycles. The molecule has 21 heavy (non-hydrogen) atoms. The summed E-state index contributed by atoms with van der Waals surface area (Å²) in [6.07, 6.45) is 1.75. The van der Waals surface area contributed by atoms with E-state index in [1.54, 1.807) is 13.3 Å². The van der Waals surface area contributed by atoms with Crippen molar-refractivity contribution in [2.45, 2.75) is 13.5 Å². The van der Waals surface area contributed by atoms with Crippen LogP contribution in [-0.2, 0) is 6.54 Å². The SMILES string of the molecule is COc1ccc(CNc2nc(C)c3ncccc3n2)cc1. The summed E-state index contributed by atoms with van der Waals surface area (Å²) in [5.74, 6) is 1.46. The molecule has 0 amide bonds.